The highest BCUT2D eigenvalue weighted by Gasteiger charge is 2.07. The molecule has 2 aromatic carbocycles. The lowest BCUT2D eigenvalue weighted by molar-refractivity contribution is -0.114. The topological polar surface area (TPSA) is 54.0 Å². The van der Waals surface area contributed by atoms with E-state index in [4.69, 9.17) is 0 Å². The van der Waals surface area contributed by atoms with Gasteiger partial charge in [0.2, 0.25) is 5.91 Å². The lowest BCUT2D eigenvalue weighted by Crippen LogP contribution is -2.21. The van der Waals surface area contributed by atoms with Crippen LogP contribution in [0.3, 0.4) is 0 Å². The SMILES string of the molecule is O=C(CNc1nc(-c2ccc(F)cc2)cs1)Nc1ccccc1. The van der Waals surface area contributed by atoms with E-state index in [9.17, 15) is 9.18 Å². The molecule has 0 radical (unpaired) electrons. The molecule has 23 heavy (non-hydrogen) atoms. The Balaban J connectivity index is 1.57. The van der Waals surface area contributed by atoms with Gasteiger partial charge in [-0.3, -0.25) is 4.79 Å². The number of benzene rings is 2. The van der Waals surface area contributed by atoms with Crippen molar-refractivity contribution >= 4 is 28.1 Å². The Morgan fingerprint density at radius 3 is 2.57 bits per heavy atom. The summed E-state index contributed by atoms with van der Waals surface area (Å²) in [6.07, 6.45) is 0. The zero-order valence-electron chi connectivity index (χ0n) is 12.1. The largest absolute Gasteiger partial charge is 0.352 e. The number of nitrogens with one attached hydrogen (secondary N) is 2. The summed E-state index contributed by atoms with van der Waals surface area (Å²) in [5, 5.41) is 8.29. The molecule has 0 fully saturated rings. The van der Waals surface area contributed by atoms with Gasteiger partial charge in [0, 0.05) is 16.6 Å². The molecular formula is C17H14FN3OS. The average Bonchev–Trinajstić information content (AvgIpc) is 3.04. The van der Waals surface area contributed by atoms with Crippen LogP contribution in [0.25, 0.3) is 11.3 Å². The fourth-order valence-corrected chi connectivity index (χ4v) is 2.71. The first-order valence-corrected chi connectivity index (χ1v) is 7.89. The molecule has 0 bridgehead atoms. The predicted octanol–water partition coefficient (Wildman–Crippen LogP) is 4.00. The Morgan fingerprint density at radius 1 is 1.09 bits per heavy atom. The van der Waals surface area contributed by atoms with E-state index in [1.54, 1.807) is 12.1 Å². The van der Waals surface area contributed by atoms with Crippen LogP contribution >= 0.6 is 11.3 Å². The summed E-state index contributed by atoms with van der Waals surface area (Å²) in [4.78, 5) is 16.3. The Morgan fingerprint density at radius 2 is 1.83 bits per heavy atom. The van der Waals surface area contributed by atoms with E-state index in [-0.39, 0.29) is 18.3 Å². The maximum atomic E-state index is 12.9. The minimum Gasteiger partial charge on any atom is -0.352 e. The van der Waals surface area contributed by atoms with E-state index < -0.39 is 0 Å². The van der Waals surface area contributed by atoms with Crippen LogP contribution in [0.15, 0.2) is 60.0 Å². The van der Waals surface area contributed by atoms with Crippen LogP contribution in [-0.2, 0) is 4.79 Å². The van der Waals surface area contributed by atoms with Crippen molar-refractivity contribution in [3.05, 3.63) is 65.8 Å². The molecule has 6 heteroatoms. The van der Waals surface area contributed by atoms with Gasteiger partial charge in [0.1, 0.15) is 5.82 Å². The van der Waals surface area contributed by atoms with E-state index in [0.717, 1.165) is 16.9 Å². The summed E-state index contributed by atoms with van der Waals surface area (Å²) in [7, 11) is 0. The number of halogens is 1. The second-order valence-corrected chi connectivity index (χ2v) is 5.67. The quantitative estimate of drug-likeness (QED) is 0.745. The van der Waals surface area contributed by atoms with Crippen LogP contribution in [0.4, 0.5) is 15.2 Å². The fourth-order valence-electron chi connectivity index (χ4n) is 1.99. The molecule has 3 rings (SSSR count). The van der Waals surface area contributed by atoms with Crippen LogP contribution in [0.5, 0.6) is 0 Å². The number of anilines is 2. The average molecular weight is 327 g/mol. The number of aromatic nitrogens is 1. The van der Waals surface area contributed by atoms with Crippen molar-refractivity contribution in [3.8, 4) is 11.3 Å². The lowest BCUT2D eigenvalue weighted by atomic mass is 10.2. The first kappa shape index (κ1) is 15.2. The van der Waals surface area contributed by atoms with Crippen molar-refractivity contribution < 1.29 is 9.18 Å². The standard InChI is InChI=1S/C17H14FN3OS/c18-13-8-6-12(7-9-13)15-11-23-17(21-15)19-10-16(22)20-14-4-2-1-3-5-14/h1-9,11H,10H2,(H,19,21)(H,20,22). The second kappa shape index (κ2) is 7.02. The molecule has 0 spiro atoms. The molecule has 0 aliphatic heterocycles. The monoisotopic (exact) mass is 327 g/mol. The third kappa shape index (κ3) is 4.14. The van der Waals surface area contributed by atoms with Gasteiger partial charge in [-0.05, 0) is 36.4 Å². The molecule has 0 unspecified atom stereocenters. The van der Waals surface area contributed by atoms with Gasteiger partial charge in [0.25, 0.3) is 0 Å². The molecule has 1 heterocycles. The summed E-state index contributed by atoms with van der Waals surface area (Å²) in [5.41, 5.74) is 2.34. The summed E-state index contributed by atoms with van der Waals surface area (Å²) >= 11 is 1.40. The second-order valence-electron chi connectivity index (χ2n) is 4.81. The Labute approximate surface area is 137 Å². The van der Waals surface area contributed by atoms with Gasteiger partial charge < -0.3 is 10.6 Å². The van der Waals surface area contributed by atoms with Gasteiger partial charge in [-0.1, -0.05) is 18.2 Å². The maximum absolute atomic E-state index is 12.9. The first-order valence-electron chi connectivity index (χ1n) is 7.01. The summed E-state index contributed by atoms with van der Waals surface area (Å²) < 4.78 is 12.9. The number of thiazole rings is 1. The molecule has 0 saturated heterocycles. The van der Waals surface area contributed by atoms with Crippen LogP contribution < -0.4 is 10.6 Å². The van der Waals surface area contributed by atoms with Crippen LogP contribution in [0, 0.1) is 5.82 Å². The Hall–Kier alpha value is -2.73. The molecule has 0 saturated carbocycles. The fraction of sp³-hybridized carbons (Fsp3) is 0.0588. The molecule has 3 aromatic rings. The van der Waals surface area contributed by atoms with Crippen molar-refractivity contribution in [1.82, 2.24) is 4.98 Å². The van der Waals surface area contributed by atoms with Crippen LogP contribution in [0.1, 0.15) is 0 Å². The first-order chi connectivity index (χ1) is 11.2. The number of amides is 1. The highest BCUT2D eigenvalue weighted by Crippen LogP contribution is 2.24. The van der Waals surface area contributed by atoms with E-state index >= 15 is 0 Å². The lowest BCUT2D eigenvalue weighted by Gasteiger charge is -2.05. The number of hydrogen-bond acceptors (Lipinski definition) is 4. The van der Waals surface area contributed by atoms with Crippen molar-refractivity contribution in [1.29, 1.82) is 0 Å². The van der Waals surface area contributed by atoms with Gasteiger partial charge in [-0.25, -0.2) is 9.37 Å². The van der Waals surface area contributed by atoms with Crippen molar-refractivity contribution in [2.24, 2.45) is 0 Å². The van der Waals surface area contributed by atoms with Crippen LogP contribution in [-0.4, -0.2) is 17.4 Å². The highest BCUT2D eigenvalue weighted by molar-refractivity contribution is 7.14. The maximum Gasteiger partial charge on any atom is 0.243 e. The van der Waals surface area contributed by atoms with Gasteiger partial charge in [0.05, 0.1) is 12.2 Å². The molecular weight excluding hydrogens is 313 g/mol. The highest BCUT2D eigenvalue weighted by atomic mass is 32.1. The molecule has 116 valence electrons. The number of carbonyl (C=O) groups excluding carboxylic acids is 1. The van der Waals surface area contributed by atoms with Crippen LogP contribution in [0.2, 0.25) is 0 Å². The smallest absolute Gasteiger partial charge is 0.243 e. The number of para-hydroxylation sites is 1. The van der Waals surface area contributed by atoms with Gasteiger partial charge in [-0.15, -0.1) is 11.3 Å². The number of hydrogen-bond donors (Lipinski definition) is 2. The molecule has 2 N–H and O–H groups in total. The minimum absolute atomic E-state index is 0.130. The Bertz CT molecular complexity index is 787. The van der Waals surface area contributed by atoms with Gasteiger partial charge >= 0.3 is 0 Å². The molecule has 0 aliphatic carbocycles. The normalized spacial score (nSPS) is 10.3. The molecule has 4 nitrogen and oxygen atoms in total. The van der Waals surface area contributed by atoms with Gasteiger partial charge in [-0.2, -0.15) is 0 Å². The predicted molar refractivity (Wildman–Crippen MR) is 91.1 cm³/mol. The molecule has 0 atom stereocenters. The van der Waals surface area contributed by atoms with Gasteiger partial charge in [0.15, 0.2) is 5.13 Å². The van der Waals surface area contributed by atoms with Crippen molar-refractivity contribution in [3.63, 3.8) is 0 Å². The molecule has 1 amide bonds. The molecule has 0 aliphatic rings. The number of rotatable bonds is 5. The van der Waals surface area contributed by atoms with Crippen molar-refractivity contribution in [2.75, 3.05) is 17.2 Å². The van der Waals surface area contributed by atoms with E-state index in [0.29, 0.717) is 5.13 Å². The zero-order chi connectivity index (χ0) is 16.1. The minimum atomic E-state index is -0.278. The molecule has 1 aromatic heterocycles. The number of carbonyl (C=O) groups is 1. The summed E-state index contributed by atoms with van der Waals surface area (Å²) in [6, 6.07) is 15.4. The number of nitrogens with zero attached hydrogens (tertiary/aromatic N) is 1. The third-order valence-electron chi connectivity index (χ3n) is 3.10. The van der Waals surface area contributed by atoms with Crippen molar-refractivity contribution in [2.45, 2.75) is 0 Å². The summed E-state index contributed by atoms with van der Waals surface area (Å²) in [6.45, 7) is 0.130. The summed E-state index contributed by atoms with van der Waals surface area (Å²) in [5.74, 6) is -0.422. The van der Waals surface area contributed by atoms with E-state index in [1.165, 1.54) is 23.5 Å². The zero-order valence-corrected chi connectivity index (χ0v) is 12.9. The Kier molecular flexibility index (Phi) is 4.63. The third-order valence-corrected chi connectivity index (χ3v) is 3.90. The van der Waals surface area contributed by atoms with E-state index in [1.807, 2.05) is 35.7 Å². The van der Waals surface area contributed by atoms with E-state index in [2.05, 4.69) is 15.6 Å².